The van der Waals surface area contributed by atoms with E-state index in [0.717, 1.165) is 11.3 Å². The van der Waals surface area contributed by atoms with Crippen LogP contribution in [0.1, 0.15) is 44.6 Å². The molecule has 0 unspecified atom stereocenters. The van der Waals surface area contributed by atoms with Crippen molar-refractivity contribution in [2.24, 2.45) is 0 Å². The van der Waals surface area contributed by atoms with Crippen molar-refractivity contribution in [2.75, 3.05) is 12.3 Å². The fourth-order valence-electron chi connectivity index (χ4n) is 3.02. The molecule has 164 valence electrons. The molecule has 2 heterocycles. The maximum absolute atomic E-state index is 12.3. The number of alkyl carbamates (subject to hydrolysis) is 1. The summed E-state index contributed by atoms with van der Waals surface area (Å²) in [5.74, 6) is 0. The zero-order valence-corrected chi connectivity index (χ0v) is 18.8. The molecule has 31 heavy (non-hydrogen) atoms. The van der Waals surface area contributed by atoms with E-state index in [1.165, 1.54) is 0 Å². The normalized spacial score (nSPS) is 17.5. The molecule has 7 nitrogen and oxygen atoms in total. The van der Waals surface area contributed by atoms with Crippen LogP contribution in [0.2, 0.25) is 0 Å². The van der Waals surface area contributed by atoms with Crippen LogP contribution in [0.4, 0.5) is 10.5 Å². The molecule has 1 amide bonds. The number of nitrogens with zero attached hydrogens (tertiary/aromatic N) is 1. The number of carbonyl (C=O) groups is 1. The lowest BCUT2D eigenvalue weighted by atomic mass is 9.77. The van der Waals surface area contributed by atoms with Crippen molar-refractivity contribution in [3.63, 3.8) is 0 Å². The molecule has 1 aliphatic rings. The average molecular weight is 423 g/mol. The number of hydrogen-bond acceptors (Lipinski definition) is 6. The minimum atomic E-state index is -0.652. The largest absolute Gasteiger partial charge is 0.492 e. The lowest BCUT2D eigenvalue weighted by Crippen LogP contribution is -2.41. The van der Waals surface area contributed by atoms with Crippen LogP contribution < -0.4 is 11.1 Å². The summed E-state index contributed by atoms with van der Waals surface area (Å²) < 4.78 is 17.7. The van der Waals surface area contributed by atoms with Crippen LogP contribution in [-0.2, 0) is 20.7 Å². The number of rotatable bonds is 6. The molecular formula is C23H30BN3O4. The second kappa shape index (κ2) is 9.12. The van der Waals surface area contributed by atoms with E-state index in [0.29, 0.717) is 16.9 Å². The summed E-state index contributed by atoms with van der Waals surface area (Å²) in [6.45, 7) is 10.2. The van der Waals surface area contributed by atoms with Gasteiger partial charge in [-0.1, -0.05) is 30.3 Å². The first-order valence-corrected chi connectivity index (χ1v) is 10.3. The van der Waals surface area contributed by atoms with E-state index >= 15 is 0 Å². The molecule has 1 aromatic carbocycles. The second-order valence-corrected chi connectivity index (χ2v) is 8.65. The van der Waals surface area contributed by atoms with Crippen LogP contribution in [-0.4, -0.2) is 35.9 Å². The molecule has 3 rings (SSSR count). The third kappa shape index (κ3) is 5.65. The molecule has 8 heteroatoms. The molecule has 0 aliphatic carbocycles. The lowest BCUT2D eigenvalue weighted by Gasteiger charge is -2.32. The predicted molar refractivity (Wildman–Crippen MR) is 122 cm³/mol. The van der Waals surface area contributed by atoms with Crippen LogP contribution >= 0.6 is 0 Å². The summed E-state index contributed by atoms with van der Waals surface area (Å²) in [5.41, 5.74) is 8.65. The van der Waals surface area contributed by atoms with E-state index in [4.69, 9.17) is 19.8 Å². The van der Waals surface area contributed by atoms with Gasteiger partial charge in [-0.15, -0.1) is 0 Å². The van der Waals surface area contributed by atoms with Crippen LogP contribution in [0.25, 0.3) is 6.08 Å². The Balaban J connectivity index is 1.75. The van der Waals surface area contributed by atoms with Gasteiger partial charge in [0.25, 0.3) is 0 Å². The van der Waals surface area contributed by atoms with Gasteiger partial charge in [0.2, 0.25) is 0 Å². The summed E-state index contributed by atoms with van der Waals surface area (Å²) in [6, 6.07) is 13.2. The van der Waals surface area contributed by atoms with Crippen molar-refractivity contribution in [1.82, 2.24) is 10.3 Å². The highest BCUT2D eigenvalue weighted by Crippen LogP contribution is 2.38. The van der Waals surface area contributed by atoms with Crippen molar-refractivity contribution in [2.45, 2.75) is 52.4 Å². The van der Waals surface area contributed by atoms with Gasteiger partial charge >= 0.3 is 13.2 Å². The number of amides is 1. The summed E-state index contributed by atoms with van der Waals surface area (Å²) >= 11 is 0. The maximum atomic E-state index is 12.3. The molecular weight excluding hydrogens is 393 g/mol. The van der Waals surface area contributed by atoms with Gasteiger partial charge in [0.1, 0.15) is 6.61 Å². The molecule has 0 saturated carbocycles. The quantitative estimate of drug-likeness (QED) is 0.684. The predicted octanol–water partition coefficient (Wildman–Crippen LogP) is 3.91. The zero-order valence-electron chi connectivity index (χ0n) is 18.8. The van der Waals surface area contributed by atoms with E-state index in [1.54, 1.807) is 6.07 Å². The fourth-order valence-corrected chi connectivity index (χ4v) is 3.02. The van der Waals surface area contributed by atoms with Gasteiger partial charge in [-0.2, -0.15) is 0 Å². The lowest BCUT2D eigenvalue weighted by molar-refractivity contribution is 0.00578. The van der Waals surface area contributed by atoms with Crippen LogP contribution in [0.3, 0.4) is 0 Å². The number of ether oxygens (including phenoxy) is 1. The molecule has 0 bridgehead atoms. The molecule has 1 saturated heterocycles. The Hall–Kier alpha value is -2.84. The van der Waals surface area contributed by atoms with Gasteiger partial charge in [0.15, 0.2) is 0 Å². The van der Waals surface area contributed by atoms with Gasteiger partial charge < -0.3 is 25.1 Å². The number of nitrogen functional groups attached to an aromatic ring is 1. The van der Waals surface area contributed by atoms with E-state index in [9.17, 15) is 4.79 Å². The smallest absolute Gasteiger partial charge is 0.445 e. The second-order valence-electron chi connectivity index (χ2n) is 8.65. The number of benzene rings is 1. The minimum Gasteiger partial charge on any atom is -0.445 e. The SMILES string of the molecule is Cc1ccc(N)c(C=C(CNC(=O)OCc2ccccc2)B2OC(C)(C)C(C)(C)O2)n1. The summed E-state index contributed by atoms with van der Waals surface area (Å²) in [6.07, 6.45) is 1.28. The molecule has 1 aromatic heterocycles. The first-order chi connectivity index (χ1) is 14.6. The van der Waals surface area contributed by atoms with Crippen LogP contribution in [0, 0.1) is 6.92 Å². The number of nitrogens with two attached hydrogens (primary N) is 1. The van der Waals surface area contributed by atoms with Gasteiger partial charge in [0, 0.05) is 12.2 Å². The Morgan fingerprint density at radius 2 is 1.77 bits per heavy atom. The first kappa shape index (κ1) is 22.8. The summed E-state index contributed by atoms with van der Waals surface area (Å²) in [4.78, 5) is 16.8. The third-order valence-electron chi connectivity index (χ3n) is 5.62. The molecule has 1 fully saturated rings. The molecule has 3 N–H and O–H groups in total. The Kier molecular flexibility index (Phi) is 6.72. The third-order valence-corrected chi connectivity index (χ3v) is 5.62. The van der Waals surface area contributed by atoms with Crippen molar-refractivity contribution in [3.8, 4) is 0 Å². The zero-order chi connectivity index (χ0) is 22.6. The Morgan fingerprint density at radius 1 is 1.13 bits per heavy atom. The number of carbonyl (C=O) groups excluding carboxylic acids is 1. The number of hydrogen-bond donors (Lipinski definition) is 2. The number of anilines is 1. The average Bonchev–Trinajstić information content (AvgIpc) is 2.94. The number of nitrogens with one attached hydrogen (secondary N) is 1. The molecule has 2 aromatic rings. The number of aromatic nitrogens is 1. The van der Waals surface area contributed by atoms with E-state index < -0.39 is 24.4 Å². The van der Waals surface area contributed by atoms with Gasteiger partial charge in [-0.25, -0.2) is 4.79 Å². The minimum absolute atomic E-state index is 0.166. The number of pyridine rings is 1. The Bertz CT molecular complexity index is 945. The monoisotopic (exact) mass is 423 g/mol. The molecule has 0 spiro atoms. The Morgan fingerprint density at radius 3 is 2.42 bits per heavy atom. The van der Waals surface area contributed by atoms with Gasteiger partial charge in [-0.3, -0.25) is 4.98 Å². The van der Waals surface area contributed by atoms with Gasteiger partial charge in [-0.05, 0) is 63.9 Å². The highest BCUT2D eigenvalue weighted by atomic mass is 16.7. The highest BCUT2D eigenvalue weighted by Gasteiger charge is 2.52. The summed E-state index contributed by atoms with van der Waals surface area (Å²) in [7, 11) is -0.652. The summed E-state index contributed by atoms with van der Waals surface area (Å²) in [5, 5.41) is 2.78. The maximum Gasteiger partial charge on any atom is 0.492 e. The molecule has 1 aliphatic heterocycles. The first-order valence-electron chi connectivity index (χ1n) is 10.3. The highest BCUT2D eigenvalue weighted by molar-refractivity contribution is 6.56. The van der Waals surface area contributed by atoms with E-state index in [-0.39, 0.29) is 13.2 Å². The van der Waals surface area contributed by atoms with Crippen LogP contribution in [0.15, 0.2) is 47.9 Å². The standard InChI is InChI=1S/C23H30BN3O4/c1-16-11-12-19(25)20(27-16)13-18(24-30-22(2,3)23(4,5)31-24)14-26-21(28)29-15-17-9-7-6-8-10-17/h6-13H,14-15,25H2,1-5H3,(H,26,28). The molecule has 0 radical (unpaired) electrons. The van der Waals surface area contributed by atoms with Crippen LogP contribution in [0.5, 0.6) is 0 Å². The van der Waals surface area contributed by atoms with E-state index in [2.05, 4.69) is 10.3 Å². The van der Waals surface area contributed by atoms with Crippen molar-refractivity contribution in [3.05, 3.63) is 64.9 Å². The van der Waals surface area contributed by atoms with Crippen molar-refractivity contribution >= 4 is 25.0 Å². The van der Waals surface area contributed by atoms with Gasteiger partial charge in [0.05, 0.1) is 22.6 Å². The molecule has 0 atom stereocenters. The fraction of sp³-hybridized carbons (Fsp3) is 0.391. The van der Waals surface area contributed by atoms with Crippen molar-refractivity contribution < 1.29 is 18.8 Å². The Labute approximate surface area is 184 Å². The van der Waals surface area contributed by atoms with Crippen molar-refractivity contribution in [1.29, 1.82) is 0 Å². The topological polar surface area (TPSA) is 95.7 Å². The number of aryl methyl sites for hydroxylation is 1. The van der Waals surface area contributed by atoms with E-state index in [1.807, 2.05) is 77.1 Å².